The van der Waals surface area contributed by atoms with Crippen molar-refractivity contribution >= 4 is 11.8 Å². The van der Waals surface area contributed by atoms with E-state index < -0.39 is 5.97 Å². The van der Waals surface area contributed by atoms with Gasteiger partial charge < -0.3 is 14.2 Å². The van der Waals surface area contributed by atoms with E-state index >= 15 is 0 Å². The predicted octanol–water partition coefficient (Wildman–Crippen LogP) is 6.48. The summed E-state index contributed by atoms with van der Waals surface area (Å²) in [6, 6.07) is 7.19. The van der Waals surface area contributed by atoms with Gasteiger partial charge in [0, 0.05) is 17.4 Å². The minimum Gasteiger partial charge on any atom is -0.495 e. The Balaban J connectivity index is 2.17. The molecule has 1 heterocycles. The zero-order valence-electron chi connectivity index (χ0n) is 20.5. The van der Waals surface area contributed by atoms with Crippen LogP contribution in [0, 0.1) is 30.1 Å². The molecule has 0 aliphatic carbocycles. The minimum atomic E-state index is -0.590. The van der Waals surface area contributed by atoms with E-state index in [4.69, 9.17) is 14.2 Å². The maximum Gasteiger partial charge on any atom is 0.346 e. The van der Waals surface area contributed by atoms with Crippen LogP contribution in [0.3, 0.4) is 0 Å². The molecule has 1 aliphatic heterocycles. The van der Waals surface area contributed by atoms with Crippen molar-refractivity contribution < 1.29 is 23.8 Å². The first-order valence-corrected chi connectivity index (χ1v) is 11.3. The van der Waals surface area contributed by atoms with Crippen molar-refractivity contribution in [2.45, 2.75) is 61.0 Å². The van der Waals surface area contributed by atoms with Crippen LogP contribution >= 0.6 is 0 Å². The zero-order valence-corrected chi connectivity index (χ0v) is 20.5. The van der Waals surface area contributed by atoms with Crippen LogP contribution in [0.25, 0.3) is 0 Å². The van der Waals surface area contributed by atoms with E-state index in [2.05, 4.69) is 32.6 Å². The molecule has 0 atom stereocenters. The van der Waals surface area contributed by atoms with Crippen molar-refractivity contribution in [3.8, 4) is 29.1 Å². The first kappa shape index (κ1) is 24.4. The summed E-state index contributed by atoms with van der Waals surface area (Å²) in [5, 5.41) is 0. The Labute approximate surface area is 196 Å². The number of ketones is 1. The van der Waals surface area contributed by atoms with E-state index in [1.54, 1.807) is 12.1 Å². The summed E-state index contributed by atoms with van der Waals surface area (Å²) in [4.78, 5) is 25.8. The molecule has 0 radical (unpaired) electrons. The Kier molecular flexibility index (Phi) is 7.17. The van der Waals surface area contributed by atoms with Gasteiger partial charge in [-0.05, 0) is 62.9 Å². The van der Waals surface area contributed by atoms with Gasteiger partial charge in [0.1, 0.15) is 29.4 Å². The first-order valence-electron chi connectivity index (χ1n) is 11.3. The molecule has 5 nitrogen and oxygen atoms in total. The summed E-state index contributed by atoms with van der Waals surface area (Å²) in [6.45, 7) is 12.2. The first-order chi connectivity index (χ1) is 15.6. The van der Waals surface area contributed by atoms with Gasteiger partial charge in [0.2, 0.25) is 0 Å². The standard InChI is InChI=1S/C28H32O5/c1-8-28(5,6)12-11-19-14-18(4)15-20-16-32-27(30)24-23(33-25(19)20)10-9-21(26(24)31-7)22(29)13-17(2)3/h9-10,14-15,17H,8,13,16H2,1-7H3. The zero-order chi connectivity index (χ0) is 24.3. The van der Waals surface area contributed by atoms with E-state index in [0.717, 1.165) is 23.1 Å². The molecule has 0 bridgehead atoms. The fourth-order valence-electron chi connectivity index (χ4n) is 3.57. The van der Waals surface area contributed by atoms with Crippen molar-refractivity contribution in [2.75, 3.05) is 7.11 Å². The number of carbonyl (C=O) groups is 2. The third-order valence-electron chi connectivity index (χ3n) is 5.72. The Bertz CT molecular complexity index is 1150. The summed E-state index contributed by atoms with van der Waals surface area (Å²) in [5.74, 6) is 7.11. The molecule has 0 aromatic heterocycles. The second kappa shape index (κ2) is 9.70. The number of hydrogen-bond donors (Lipinski definition) is 0. The lowest BCUT2D eigenvalue weighted by molar-refractivity contribution is 0.0455. The quantitative estimate of drug-likeness (QED) is 0.297. The molecule has 0 N–H and O–H groups in total. The van der Waals surface area contributed by atoms with Gasteiger partial charge in [0.25, 0.3) is 0 Å². The summed E-state index contributed by atoms with van der Waals surface area (Å²) in [7, 11) is 1.44. The lowest BCUT2D eigenvalue weighted by Gasteiger charge is -2.22. The van der Waals surface area contributed by atoms with Crippen molar-refractivity contribution in [2.24, 2.45) is 11.3 Å². The minimum absolute atomic E-state index is 0.0362. The van der Waals surface area contributed by atoms with Crippen molar-refractivity contribution in [3.05, 3.63) is 52.1 Å². The third-order valence-corrected chi connectivity index (χ3v) is 5.72. The topological polar surface area (TPSA) is 61.8 Å². The average Bonchev–Trinajstić information content (AvgIpc) is 2.75. The number of benzene rings is 2. The highest BCUT2D eigenvalue weighted by Gasteiger charge is 2.29. The molecule has 2 aromatic carbocycles. The maximum atomic E-state index is 13.0. The molecule has 174 valence electrons. The van der Waals surface area contributed by atoms with E-state index in [-0.39, 0.29) is 40.8 Å². The summed E-state index contributed by atoms with van der Waals surface area (Å²) in [6.07, 6.45) is 1.26. The van der Waals surface area contributed by atoms with E-state index in [1.165, 1.54) is 7.11 Å². The number of fused-ring (bicyclic) bond motifs is 2. The lowest BCUT2D eigenvalue weighted by Crippen LogP contribution is -2.16. The van der Waals surface area contributed by atoms with E-state index in [9.17, 15) is 9.59 Å². The number of hydrogen-bond acceptors (Lipinski definition) is 5. The molecule has 5 heteroatoms. The monoisotopic (exact) mass is 448 g/mol. The lowest BCUT2D eigenvalue weighted by atomic mass is 9.90. The second-order valence-electron chi connectivity index (χ2n) is 9.51. The van der Waals surface area contributed by atoms with Crippen LogP contribution in [-0.4, -0.2) is 18.9 Å². The van der Waals surface area contributed by atoms with Gasteiger partial charge in [-0.3, -0.25) is 4.79 Å². The van der Waals surface area contributed by atoms with Crippen molar-refractivity contribution in [1.29, 1.82) is 0 Å². The van der Waals surface area contributed by atoms with Crippen LogP contribution < -0.4 is 9.47 Å². The fourth-order valence-corrected chi connectivity index (χ4v) is 3.57. The van der Waals surface area contributed by atoms with E-state index in [0.29, 0.717) is 17.7 Å². The summed E-state index contributed by atoms with van der Waals surface area (Å²) in [5.41, 5.74) is 2.80. The Morgan fingerprint density at radius 2 is 1.97 bits per heavy atom. The van der Waals surface area contributed by atoms with Crippen LogP contribution in [0.2, 0.25) is 0 Å². The highest BCUT2D eigenvalue weighted by Crippen LogP contribution is 2.41. The van der Waals surface area contributed by atoms with Crippen LogP contribution in [0.4, 0.5) is 0 Å². The molecule has 1 aliphatic rings. The van der Waals surface area contributed by atoms with Crippen LogP contribution in [-0.2, 0) is 11.3 Å². The fraction of sp³-hybridized carbons (Fsp3) is 0.429. The molecule has 3 rings (SSSR count). The molecule has 0 spiro atoms. The number of aryl methyl sites for hydroxylation is 1. The molecule has 0 fully saturated rings. The third kappa shape index (κ3) is 5.39. The van der Waals surface area contributed by atoms with Gasteiger partial charge in [0.15, 0.2) is 5.78 Å². The smallest absolute Gasteiger partial charge is 0.346 e. The molecule has 0 saturated carbocycles. The van der Waals surface area contributed by atoms with Crippen molar-refractivity contribution in [1.82, 2.24) is 0 Å². The number of Topliss-reactive ketones (excluding diaryl/α,β-unsaturated/α-hetero) is 1. The molecule has 0 unspecified atom stereocenters. The normalized spacial score (nSPS) is 12.9. The van der Waals surface area contributed by atoms with Gasteiger partial charge >= 0.3 is 5.97 Å². The van der Waals surface area contributed by atoms with Crippen LogP contribution in [0.1, 0.15) is 84.9 Å². The van der Waals surface area contributed by atoms with Gasteiger partial charge in [-0.2, -0.15) is 0 Å². The molecule has 0 amide bonds. The molecule has 2 aromatic rings. The predicted molar refractivity (Wildman–Crippen MR) is 128 cm³/mol. The summed E-state index contributed by atoms with van der Waals surface area (Å²) >= 11 is 0. The number of cyclic esters (lactones) is 1. The van der Waals surface area contributed by atoms with Gasteiger partial charge in [-0.15, -0.1) is 0 Å². The maximum absolute atomic E-state index is 13.0. The van der Waals surface area contributed by atoms with Crippen LogP contribution in [0.5, 0.6) is 17.2 Å². The Morgan fingerprint density at radius 1 is 1.24 bits per heavy atom. The van der Waals surface area contributed by atoms with Crippen LogP contribution in [0.15, 0.2) is 24.3 Å². The highest BCUT2D eigenvalue weighted by molar-refractivity contribution is 6.05. The largest absolute Gasteiger partial charge is 0.495 e. The number of esters is 1. The molecule has 0 saturated heterocycles. The molecule has 33 heavy (non-hydrogen) atoms. The summed E-state index contributed by atoms with van der Waals surface area (Å²) < 4.78 is 17.4. The Morgan fingerprint density at radius 3 is 2.61 bits per heavy atom. The average molecular weight is 449 g/mol. The number of methoxy groups -OCH3 is 1. The number of ether oxygens (including phenoxy) is 3. The second-order valence-corrected chi connectivity index (χ2v) is 9.51. The van der Waals surface area contributed by atoms with Crippen molar-refractivity contribution in [3.63, 3.8) is 0 Å². The molecular formula is C28H32O5. The number of rotatable bonds is 5. The van der Waals surface area contributed by atoms with E-state index in [1.807, 2.05) is 32.9 Å². The highest BCUT2D eigenvalue weighted by atomic mass is 16.5. The van der Waals surface area contributed by atoms with Gasteiger partial charge in [0.05, 0.1) is 18.2 Å². The Hall–Kier alpha value is -3.26. The van der Waals surface area contributed by atoms with Gasteiger partial charge in [-0.25, -0.2) is 4.79 Å². The molecular weight excluding hydrogens is 416 g/mol. The SMILES string of the molecule is CCC(C)(C)C#Cc1cc(C)cc2c1Oc1ccc(C(=O)CC(C)C)c(OC)c1C(=O)OC2. The van der Waals surface area contributed by atoms with Gasteiger partial charge in [-0.1, -0.05) is 32.6 Å². The number of carbonyl (C=O) groups excluding carboxylic acids is 2.